The highest BCUT2D eigenvalue weighted by Gasteiger charge is 2.50. The number of nitrogens with zero attached hydrogens (tertiary/aromatic N) is 1. The van der Waals surface area contributed by atoms with Gasteiger partial charge in [-0.2, -0.15) is 0 Å². The van der Waals surface area contributed by atoms with Gasteiger partial charge < -0.3 is 29.9 Å². The fraction of sp³-hybridized carbons (Fsp3) is 0.615. The third kappa shape index (κ3) is 5.14. The number of para-hydroxylation sites is 1. The summed E-state index contributed by atoms with van der Waals surface area (Å²) in [6, 6.07) is 6.80. The number of benzene rings is 1. The lowest BCUT2D eigenvalue weighted by Gasteiger charge is -2.42. The van der Waals surface area contributed by atoms with Crippen LogP contribution in [0.1, 0.15) is 50.0 Å². The number of hydrogen-bond acceptors (Lipinski definition) is 6. The van der Waals surface area contributed by atoms with Gasteiger partial charge in [0.05, 0.1) is 31.6 Å². The predicted octanol–water partition coefficient (Wildman–Crippen LogP) is 1.75. The number of nitrogens with one attached hydrogen (secondary N) is 1. The number of amides is 2. The molecule has 3 aliphatic rings. The predicted molar refractivity (Wildman–Crippen MR) is 126 cm³/mol. The van der Waals surface area contributed by atoms with Gasteiger partial charge in [-0.1, -0.05) is 37.5 Å². The first-order valence-electron chi connectivity index (χ1n) is 12.4. The van der Waals surface area contributed by atoms with Gasteiger partial charge in [0.25, 0.3) is 0 Å². The Hall–Kier alpha value is -2.42. The van der Waals surface area contributed by atoms with Crippen LogP contribution < -0.4 is 10.1 Å². The Morgan fingerprint density at radius 1 is 1.21 bits per heavy atom. The molecule has 1 fully saturated rings. The Labute approximate surface area is 200 Å². The van der Waals surface area contributed by atoms with E-state index >= 15 is 0 Å². The van der Waals surface area contributed by atoms with Gasteiger partial charge in [0.2, 0.25) is 11.8 Å². The summed E-state index contributed by atoms with van der Waals surface area (Å²) in [4.78, 5) is 28.2. The molecule has 1 aliphatic heterocycles. The zero-order valence-electron chi connectivity index (χ0n) is 19.8. The molecule has 0 unspecified atom stereocenters. The Kier molecular flexibility index (Phi) is 8.24. The molecule has 2 amide bonds. The van der Waals surface area contributed by atoms with Crippen molar-refractivity contribution in [3.05, 3.63) is 41.5 Å². The molecule has 0 saturated heterocycles. The van der Waals surface area contributed by atoms with Gasteiger partial charge in [0.1, 0.15) is 18.0 Å². The average molecular weight is 473 g/mol. The summed E-state index contributed by atoms with van der Waals surface area (Å²) >= 11 is 0. The summed E-state index contributed by atoms with van der Waals surface area (Å²) in [5.74, 6) is 0.154. The lowest BCUT2D eigenvalue weighted by molar-refractivity contribution is -0.139. The molecule has 1 saturated carbocycles. The zero-order chi connectivity index (χ0) is 24.1. The molecular formula is C26H36N2O6. The van der Waals surface area contributed by atoms with Gasteiger partial charge in [0.15, 0.2) is 0 Å². The van der Waals surface area contributed by atoms with E-state index in [9.17, 15) is 19.8 Å². The second-order valence-corrected chi connectivity index (χ2v) is 9.47. The second kappa shape index (κ2) is 11.3. The summed E-state index contributed by atoms with van der Waals surface area (Å²) < 4.78 is 11.3. The molecule has 0 radical (unpaired) electrons. The minimum absolute atomic E-state index is 0.100. The topological polar surface area (TPSA) is 108 Å². The molecule has 4 atom stereocenters. The van der Waals surface area contributed by atoms with E-state index in [0.717, 1.165) is 31.2 Å². The zero-order valence-corrected chi connectivity index (χ0v) is 19.8. The number of ether oxygens (including phenoxy) is 2. The van der Waals surface area contributed by atoms with Crippen LogP contribution in [-0.4, -0.2) is 78.6 Å². The van der Waals surface area contributed by atoms with Gasteiger partial charge in [-0.05, 0) is 30.9 Å². The van der Waals surface area contributed by atoms with Gasteiger partial charge in [-0.15, -0.1) is 0 Å². The molecule has 186 valence electrons. The number of aliphatic hydroxyl groups is 2. The van der Waals surface area contributed by atoms with Crippen molar-refractivity contribution in [3.63, 3.8) is 0 Å². The SMILES string of the molecule is COCCC(=O)N(CC1CCCCC1)[C@@H]1C=C(C(=O)NCCO)[C@@H]2c3ccccc3O[C@@H]2[C@H]1O. The molecule has 0 spiro atoms. The number of aliphatic hydroxyl groups excluding tert-OH is 2. The van der Waals surface area contributed by atoms with Gasteiger partial charge >= 0.3 is 0 Å². The Balaban J connectivity index is 1.69. The number of hydrogen-bond donors (Lipinski definition) is 3. The molecule has 4 rings (SSSR count). The minimum Gasteiger partial charge on any atom is -0.486 e. The third-order valence-electron chi connectivity index (χ3n) is 7.26. The molecule has 34 heavy (non-hydrogen) atoms. The number of carbonyl (C=O) groups excluding carboxylic acids is 2. The van der Waals surface area contributed by atoms with Crippen LogP contribution in [-0.2, 0) is 14.3 Å². The number of fused-ring (bicyclic) bond motifs is 3. The maximum Gasteiger partial charge on any atom is 0.247 e. The Morgan fingerprint density at radius 2 is 1.97 bits per heavy atom. The van der Waals surface area contributed by atoms with Gasteiger partial charge in [-0.3, -0.25) is 9.59 Å². The van der Waals surface area contributed by atoms with E-state index in [4.69, 9.17) is 9.47 Å². The quantitative estimate of drug-likeness (QED) is 0.505. The van der Waals surface area contributed by atoms with E-state index in [1.807, 2.05) is 24.3 Å². The number of carbonyl (C=O) groups is 2. The molecule has 0 bridgehead atoms. The first-order valence-corrected chi connectivity index (χ1v) is 12.4. The van der Waals surface area contributed by atoms with E-state index in [1.54, 1.807) is 18.1 Å². The van der Waals surface area contributed by atoms with Crippen molar-refractivity contribution in [2.45, 2.75) is 62.7 Å². The van der Waals surface area contributed by atoms with Crippen LogP contribution in [0.3, 0.4) is 0 Å². The van der Waals surface area contributed by atoms with E-state index in [2.05, 4.69) is 5.32 Å². The minimum atomic E-state index is -0.984. The van der Waals surface area contributed by atoms with Crippen LogP contribution in [0.15, 0.2) is 35.9 Å². The van der Waals surface area contributed by atoms with Crippen LogP contribution >= 0.6 is 0 Å². The summed E-state index contributed by atoms with van der Waals surface area (Å²) in [5.41, 5.74) is 1.31. The van der Waals surface area contributed by atoms with Crippen molar-refractivity contribution >= 4 is 11.8 Å². The Morgan fingerprint density at radius 3 is 2.71 bits per heavy atom. The maximum absolute atomic E-state index is 13.3. The van der Waals surface area contributed by atoms with Crippen LogP contribution in [0, 0.1) is 5.92 Å². The fourth-order valence-corrected chi connectivity index (χ4v) is 5.56. The number of methoxy groups -OCH3 is 1. The highest BCUT2D eigenvalue weighted by molar-refractivity contribution is 5.96. The van der Waals surface area contributed by atoms with E-state index in [0.29, 0.717) is 30.4 Å². The third-order valence-corrected chi connectivity index (χ3v) is 7.26. The maximum atomic E-state index is 13.3. The van der Waals surface area contributed by atoms with Crippen molar-refractivity contribution in [2.24, 2.45) is 5.92 Å². The molecule has 1 aromatic carbocycles. The smallest absolute Gasteiger partial charge is 0.247 e. The van der Waals surface area contributed by atoms with Crippen molar-refractivity contribution in [3.8, 4) is 5.75 Å². The number of rotatable bonds is 9. The average Bonchev–Trinajstić information content (AvgIpc) is 3.26. The van der Waals surface area contributed by atoms with E-state index in [1.165, 1.54) is 6.42 Å². The largest absolute Gasteiger partial charge is 0.486 e. The first-order chi connectivity index (χ1) is 16.5. The van der Waals surface area contributed by atoms with Crippen LogP contribution in [0.25, 0.3) is 0 Å². The summed E-state index contributed by atoms with van der Waals surface area (Å²) in [6.07, 6.45) is 5.91. The first kappa shape index (κ1) is 24.7. The molecule has 3 N–H and O–H groups in total. The molecule has 8 heteroatoms. The summed E-state index contributed by atoms with van der Waals surface area (Å²) in [5, 5.41) is 23.5. The lowest BCUT2D eigenvalue weighted by atomic mass is 9.77. The molecule has 1 heterocycles. The Bertz CT molecular complexity index is 897. The highest BCUT2D eigenvalue weighted by Crippen LogP contribution is 2.47. The van der Waals surface area contributed by atoms with Gasteiger partial charge in [-0.25, -0.2) is 0 Å². The van der Waals surface area contributed by atoms with Crippen molar-refractivity contribution in [2.75, 3.05) is 33.4 Å². The highest BCUT2D eigenvalue weighted by atomic mass is 16.5. The summed E-state index contributed by atoms with van der Waals surface area (Å²) in [7, 11) is 1.56. The van der Waals surface area contributed by atoms with E-state index < -0.39 is 24.2 Å². The van der Waals surface area contributed by atoms with E-state index in [-0.39, 0.29) is 31.4 Å². The van der Waals surface area contributed by atoms with Crippen molar-refractivity contribution in [1.82, 2.24) is 10.2 Å². The summed E-state index contributed by atoms with van der Waals surface area (Å²) in [6.45, 7) is 0.790. The monoisotopic (exact) mass is 472 g/mol. The molecule has 0 aromatic heterocycles. The standard InChI is InChI=1S/C26H36N2O6/c1-33-14-11-22(30)28(16-17-7-3-2-4-8-17)20-15-19(26(32)27-12-13-29)23-18-9-5-6-10-21(18)34-25(23)24(20)31/h5-6,9-10,15,17,20,23-25,29,31H,2-4,7-8,11-14,16H2,1H3,(H,27,32)/t20-,23+,24+,25+/m1/s1. The van der Waals surface area contributed by atoms with Crippen LogP contribution in [0.4, 0.5) is 0 Å². The second-order valence-electron chi connectivity index (χ2n) is 9.47. The molecule has 8 nitrogen and oxygen atoms in total. The normalized spacial score (nSPS) is 26.1. The fourth-order valence-electron chi connectivity index (χ4n) is 5.56. The molecular weight excluding hydrogens is 436 g/mol. The van der Waals surface area contributed by atoms with Crippen molar-refractivity contribution in [1.29, 1.82) is 0 Å². The van der Waals surface area contributed by atoms with Gasteiger partial charge in [0, 0.05) is 31.3 Å². The van der Waals surface area contributed by atoms with Crippen LogP contribution in [0.5, 0.6) is 5.75 Å². The molecule has 1 aromatic rings. The van der Waals surface area contributed by atoms with Crippen molar-refractivity contribution < 1.29 is 29.3 Å². The molecule has 2 aliphatic carbocycles. The van der Waals surface area contributed by atoms with Crippen LogP contribution in [0.2, 0.25) is 0 Å². The lowest BCUT2D eigenvalue weighted by Crippen LogP contribution is -2.56.